The number of methoxy groups -OCH3 is 1. The number of benzene rings is 2. The van der Waals surface area contributed by atoms with Gasteiger partial charge in [-0.3, -0.25) is 4.79 Å². The van der Waals surface area contributed by atoms with Gasteiger partial charge in [-0.1, -0.05) is 12.0 Å². The van der Waals surface area contributed by atoms with Crippen LogP contribution in [-0.4, -0.2) is 52.2 Å². The van der Waals surface area contributed by atoms with E-state index in [1.165, 1.54) is 0 Å². The summed E-state index contributed by atoms with van der Waals surface area (Å²) in [5.41, 5.74) is 9.08. The average Bonchev–Trinajstić information content (AvgIpc) is 3.50. The molecule has 0 saturated heterocycles. The van der Waals surface area contributed by atoms with Crippen molar-refractivity contribution in [1.29, 1.82) is 0 Å². The summed E-state index contributed by atoms with van der Waals surface area (Å²) in [6.07, 6.45) is 5.55. The van der Waals surface area contributed by atoms with Crippen molar-refractivity contribution in [2.24, 2.45) is 11.7 Å². The predicted molar refractivity (Wildman–Crippen MR) is 136 cm³/mol. The van der Waals surface area contributed by atoms with E-state index in [9.17, 15) is 9.59 Å². The Bertz CT molecular complexity index is 1400. The number of hydrogen-bond donors (Lipinski definition) is 4. The summed E-state index contributed by atoms with van der Waals surface area (Å²) in [5.74, 6) is 4.43. The number of nitrogens with zero attached hydrogens (tertiary/aromatic N) is 2. The van der Waals surface area contributed by atoms with Gasteiger partial charge < -0.3 is 26.2 Å². The first kappa shape index (κ1) is 23.6. The van der Waals surface area contributed by atoms with E-state index >= 15 is 0 Å². The highest BCUT2D eigenvalue weighted by atomic mass is 16.5. The maximum atomic E-state index is 12.8. The van der Waals surface area contributed by atoms with E-state index in [2.05, 4.69) is 32.4 Å². The normalized spacial score (nSPS) is 22.4. The summed E-state index contributed by atoms with van der Waals surface area (Å²) in [4.78, 5) is 32.6. The summed E-state index contributed by atoms with van der Waals surface area (Å²) in [6, 6.07) is 11.3. The van der Waals surface area contributed by atoms with Crippen LogP contribution in [0.4, 0.5) is 5.95 Å². The van der Waals surface area contributed by atoms with Crippen LogP contribution in [0.25, 0.3) is 22.0 Å². The molecule has 2 fully saturated rings. The Morgan fingerprint density at radius 3 is 2.78 bits per heavy atom. The Morgan fingerprint density at radius 1 is 1.17 bits per heavy atom. The lowest BCUT2D eigenvalue weighted by molar-refractivity contribution is -0.130. The molecule has 3 aromatic rings. The van der Waals surface area contributed by atoms with Crippen molar-refractivity contribution in [1.82, 2.24) is 15.3 Å². The minimum atomic E-state index is -1.17. The van der Waals surface area contributed by atoms with Crippen LogP contribution in [0.15, 0.2) is 42.6 Å². The first-order valence-corrected chi connectivity index (χ1v) is 11.9. The molecule has 0 spiro atoms. The Morgan fingerprint density at radius 2 is 2.03 bits per heavy atom. The first-order valence-electron chi connectivity index (χ1n) is 11.9. The fourth-order valence-corrected chi connectivity index (χ4v) is 4.60. The number of carboxylic acid groups (broad SMARTS) is 1. The molecule has 2 aliphatic carbocycles. The van der Waals surface area contributed by atoms with Crippen LogP contribution < -0.4 is 21.1 Å². The molecule has 9 nitrogen and oxygen atoms in total. The molecule has 5 rings (SSSR count). The minimum Gasteiger partial charge on any atom is -0.496 e. The Labute approximate surface area is 208 Å². The molecule has 0 radical (unpaired) electrons. The zero-order valence-corrected chi connectivity index (χ0v) is 19.8. The molecule has 5 N–H and O–H groups in total. The van der Waals surface area contributed by atoms with Crippen LogP contribution in [0.2, 0.25) is 0 Å². The lowest BCUT2D eigenvalue weighted by Crippen LogP contribution is -2.35. The van der Waals surface area contributed by atoms with Crippen molar-refractivity contribution in [3.63, 3.8) is 0 Å². The number of nitrogens with two attached hydrogens (primary N) is 1. The van der Waals surface area contributed by atoms with Crippen molar-refractivity contribution < 1.29 is 19.4 Å². The van der Waals surface area contributed by atoms with Crippen molar-refractivity contribution in [3.05, 3.63) is 48.2 Å². The number of fused-ring (bicyclic) bond motifs is 1. The first-order chi connectivity index (χ1) is 17.4. The van der Waals surface area contributed by atoms with E-state index in [0.717, 1.165) is 41.3 Å². The lowest BCUT2D eigenvalue weighted by atomic mass is 10.00. The largest absolute Gasteiger partial charge is 0.496 e. The van der Waals surface area contributed by atoms with Gasteiger partial charge in [-0.2, -0.15) is 0 Å². The second kappa shape index (κ2) is 9.84. The van der Waals surface area contributed by atoms with Gasteiger partial charge in [-0.15, -0.1) is 0 Å². The van der Waals surface area contributed by atoms with Crippen LogP contribution in [0.1, 0.15) is 36.0 Å². The van der Waals surface area contributed by atoms with Crippen molar-refractivity contribution in [2.45, 2.75) is 43.8 Å². The molecule has 2 saturated carbocycles. The van der Waals surface area contributed by atoms with Crippen LogP contribution in [-0.2, 0) is 4.79 Å². The number of carboxylic acids is 1. The van der Waals surface area contributed by atoms with E-state index in [1.54, 1.807) is 31.5 Å². The van der Waals surface area contributed by atoms with E-state index in [0.29, 0.717) is 23.7 Å². The smallest absolute Gasteiger partial charge is 0.381 e. The van der Waals surface area contributed by atoms with Crippen LogP contribution in [0, 0.1) is 17.8 Å². The highest BCUT2D eigenvalue weighted by molar-refractivity contribution is 5.97. The number of aliphatic carboxylic acids is 1. The average molecular weight is 486 g/mol. The number of carbonyl (C=O) groups excluding carboxylic acids is 1. The van der Waals surface area contributed by atoms with Crippen molar-refractivity contribution >= 4 is 28.7 Å². The molecule has 2 aliphatic rings. The molecular weight excluding hydrogens is 458 g/mol. The van der Waals surface area contributed by atoms with E-state index in [1.807, 2.05) is 18.2 Å². The van der Waals surface area contributed by atoms with Gasteiger partial charge in [0.25, 0.3) is 5.91 Å². The predicted octanol–water partition coefficient (Wildman–Crippen LogP) is 2.80. The van der Waals surface area contributed by atoms with Crippen molar-refractivity contribution in [3.8, 4) is 28.7 Å². The van der Waals surface area contributed by atoms with E-state index < -0.39 is 5.97 Å². The summed E-state index contributed by atoms with van der Waals surface area (Å²) < 4.78 is 5.56. The zero-order valence-electron chi connectivity index (χ0n) is 19.8. The molecular formula is C27H27N5O4. The second-order valence-corrected chi connectivity index (χ2v) is 9.22. The highest BCUT2D eigenvalue weighted by Crippen LogP contribution is 2.34. The second-order valence-electron chi connectivity index (χ2n) is 9.22. The highest BCUT2D eigenvalue weighted by Gasteiger charge is 2.37. The number of aromatic nitrogens is 2. The third-order valence-electron chi connectivity index (χ3n) is 6.71. The minimum absolute atomic E-state index is 0.118. The molecule has 2 unspecified atom stereocenters. The van der Waals surface area contributed by atoms with Gasteiger partial charge in [0.1, 0.15) is 5.75 Å². The number of nitrogens with one attached hydrogen (secondary N) is 2. The van der Waals surface area contributed by atoms with Crippen LogP contribution in [0.3, 0.4) is 0 Å². The standard InChI is InChI=1S/C27H27N5O4/c1-36-24-9-6-17(26(35)30-23-13-16(23)7-10-25(33)34)12-19(24)15-5-8-21-18(11-15)14-29-27(31-21)32-22-4-2-3-20(22)28/h5-6,8-9,11-12,14,16,20,22-23H,2-4,13,28H2,1H3,(H,30,35)(H,33,34)(H,29,31,32)/t16?,20-,22+,23?/m0/s1. The molecule has 36 heavy (non-hydrogen) atoms. The Kier molecular flexibility index (Phi) is 6.44. The van der Waals surface area contributed by atoms with Crippen LogP contribution >= 0.6 is 0 Å². The quantitative estimate of drug-likeness (QED) is 0.391. The molecule has 2 aromatic carbocycles. The Balaban J connectivity index is 1.35. The van der Waals surface area contributed by atoms with Gasteiger partial charge in [0.15, 0.2) is 0 Å². The zero-order chi connectivity index (χ0) is 25.2. The third-order valence-corrected chi connectivity index (χ3v) is 6.71. The summed E-state index contributed by atoms with van der Waals surface area (Å²) in [7, 11) is 1.59. The fourth-order valence-electron chi connectivity index (χ4n) is 4.60. The molecule has 9 heteroatoms. The third kappa shape index (κ3) is 5.09. The van der Waals surface area contributed by atoms with E-state index in [4.69, 9.17) is 15.6 Å². The van der Waals surface area contributed by atoms with Gasteiger partial charge in [0.05, 0.1) is 12.6 Å². The number of ether oxygens (including phenoxy) is 1. The van der Waals surface area contributed by atoms with Crippen LogP contribution in [0.5, 0.6) is 5.75 Å². The maximum Gasteiger partial charge on any atom is 0.381 e. The monoisotopic (exact) mass is 485 g/mol. The molecule has 184 valence electrons. The Hall–Kier alpha value is -4.16. The number of hydrogen-bond acceptors (Lipinski definition) is 7. The molecule has 4 atom stereocenters. The number of anilines is 1. The van der Waals surface area contributed by atoms with Gasteiger partial charge in [-0.25, -0.2) is 14.8 Å². The van der Waals surface area contributed by atoms with Gasteiger partial charge >= 0.3 is 5.97 Å². The van der Waals surface area contributed by atoms with Gasteiger partial charge in [0.2, 0.25) is 5.95 Å². The SMILES string of the molecule is COc1ccc(C(=O)NC2CC2C#CC(=O)O)cc1-c1ccc2nc(N[C@@H]3CCC[C@@H]3N)ncc2c1. The summed E-state index contributed by atoms with van der Waals surface area (Å²) in [6.45, 7) is 0. The lowest BCUT2D eigenvalue weighted by Gasteiger charge is -2.17. The molecule has 1 amide bonds. The maximum absolute atomic E-state index is 12.8. The topological polar surface area (TPSA) is 139 Å². The number of carbonyl (C=O) groups is 2. The van der Waals surface area contributed by atoms with Gasteiger partial charge in [0, 0.05) is 52.7 Å². The van der Waals surface area contributed by atoms with Crippen molar-refractivity contribution in [2.75, 3.05) is 12.4 Å². The fraction of sp³-hybridized carbons (Fsp3) is 0.333. The molecule has 0 aliphatic heterocycles. The van der Waals surface area contributed by atoms with Gasteiger partial charge in [-0.05, 0) is 61.6 Å². The van der Waals surface area contributed by atoms with E-state index in [-0.39, 0.29) is 30.0 Å². The summed E-state index contributed by atoms with van der Waals surface area (Å²) in [5, 5.41) is 15.8. The molecule has 1 aromatic heterocycles. The molecule has 0 bridgehead atoms. The molecule has 1 heterocycles. The summed E-state index contributed by atoms with van der Waals surface area (Å²) >= 11 is 0. The number of amides is 1. The number of rotatable bonds is 6.